The van der Waals surface area contributed by atoms with Gasteiger partial charge in [-0.05, 0) is 12.1 Å². The van der Waals surface area contributed by atoms with Crippen molar-refractivity contribution in [3.05, 3.63) is 17.7 Å². The van der Waals surface area contributed by atoms with Gasteiger partial charge >= 0.3 is 0 Å². The second-order valence-corrected chi connectivity index (χ2v) is 4.39. The Morgan fingerprint density at radius 2 is 1.87 bits per heavy atom. The summed E-state index contributed by atoms with van der Waals surface area (Å²) in [4.78, 5) is 1.24. The standard InChI is InChI=1S/C11H14NO2S/c1-12-6-8-4-9(13-2)10(14-3)5-11(8)15-7-12/h4-6H,7H2,1-3H3/q+1. The summed E-state index contributed by atoms with van der Waals surface area (Å²) in [6.45, 7) is 0. The topological polar surface area (TPSA) is 21.5 Å². The third kappa shape index (κ3) is 1.95. The molecule has 0 bridgehead atoms. The molecule has 0 saturated heterocycles. The first-order valence-electron chi connectivity index (χ1n) is 4.68. The molecule has 0 spiro atoms. The molecule has 0 aromatic heterocycles. The summed E-state index contributed by atoms with van der Waals surface area (Å²) < 4.78 is 12.7. The van der Waals surface area contributed by atoms with Crippen LogP contribution in [0.5, 0.6) is 11.5 Å². The van der Waals surface area contributed by atoms with Gasteiger partial charge in [0.1, 0.15) is 7.05 Å². The number of methoxy groups -OCH3 is 2. The van der Waals surface area contributed by atoms with E-state index in [9.17, 15) is 0 Å². The lowest BCUT2D eigenvalue weighted by molar-refractivity contribution is -0.470. The molecular formula is C11H14NO2S+. The first-order chi connectivity index (χ1) is 7.24. The van der Waals surface area contributed by atoms with E-state index in [1.165, 1.54) is 10.5 Å². The van der Waals surface area contributed by atoms with E-state index in [4.69, 9.17) is 9.47 Å². The van der Waals surface area contributed by atoms with Crippen molar-refractivity contribution < 1.29 is 14.0 Å². The van der Waals surface area contributed by atoms with E-state index in [0.29, 0.717) is 0 Å². The lowest BCUT2D eigenvalue weighted by Crippen LogP contribution is -2.12. The molecule has 1 aromatic carbocycles. The zero-order chi connectivity index (χ0) is 10.8. The van der Waals surface area contributed by atoms with E-state index >= 15 is 0 Å². The first kappa shape index (κ1) is 10.4. The van der Waals surface area contributed by atoms with Gasteiger partial charge in [-0.25, -0.2) is 4.58 Å². The molecule has 15 heavy (non-hydrogen) atoms. The van der Waals surface area contributed by atoms with Crippen LogP contribution >= 0.6 is 11.8 Å². The van der Waals surface area contributed by atoms with Crippen LogP contribution in [0.15, 0.2) is 17.0 Å². The maximum Gasteiger partial charge on any atom is 0.193 e. The molecule has 0 radical (unpaired) electrons. The summed E-state index contributed by atoms with van der Waals surface area (Å²) in [6.07, 6.45) is 2.12. The Kier molecular flexibility index (Phi) is 2.86. The number of rotatable bonds is 2. The van der Waals surface area contributed by atoms with Crippen LogP contribution in [0.2, 0.25) is 0 Å². The van der Waals surface area contributed by atoms with Gasteiger partial charge in [-0.15, -0.1) is 0 Å². The van der Waals surface area contributed by atoms with E-state index in [1.54, 1.807) is 26.0 Å². The summed E-state index contributed by atoms with van der Waals surface area (Å²) >= 11 is 1.80. The van der Waals surface area contributed by atoms with Gasteiger partial charge in [0.25, 0.3) is 0 Å². The molecule has 1 heterocycles. The number of hydrogen-bond donors (Lipinski definition) is 0. The van der Waals surface area contributed by atoms with Crippen LogP contribution in [0, 0.1) is 0 Å². The summed E-state index contributed by atoms with van der Waals surface area (Å²) in [5, 5.41) is 0. The molecule has 0 unspecified atom stereocenters. The highest BCUT2D eigenvalue weighted by Crippen LogP contribution is 2.35. The van der Waals surface area contributed by atoms with Gasteiger partial charge in [-0.3, -0.25) is 0 Å². The van der Waals surface area contributed by atoms with Crippen molar-refractivity contribution >= 4 is 18.0 Å². The van der Waals surface area contributed by atoms with Crippen molar-refractivity contribution in [1.82, 2.24) is 0 Å². The van der Waals surface area contributed by atoms with Gasteiger partial charge in [0.05, 0.1) is 19.8 Å². The normalized spacial score (nSPS) is 14.2. The number of ether oxygens (including phenoxy) is 2. The minimum atomic E-state index is 0.781. The molecule has 3 nitrogen and oxygen atoms in total. The molecule has 80 valence electrons. The SMILES string of the molecule is COc1cc2c(cc1OC)SC[N+](C)=C2. The number of hydrogen-bond acceptors (Lipinski definition) is 3. The molecule has 0 atom stereocenters. The number of benzene rings is 1. The Balaban J connectivity index is 2.51. The van der Waals surface area contributed by atoms with Crippen molar-refractivity contribution in [1.29, 1.82) is 0 Å². The van der Waals surface area contributed by atoms with Gasteiger partial charge in [0.15, 0.2) is 23.6 Å². The Labute approximate surface area is 93.7 Å². The Morgan fingerprint density at radius 1 is 1.20 bits per heavy atom. The molecule has 1 aliphatic heterocycles. The highest BCUT2D eigenvalue weighted by atomic mass is 32.2. The first-order valence-corrected chi connectivity index (χ1v) is 5.67. The summed E-state index contributed by atoms with van der Waals surface area (Å²) in [6, 6.07) is 4.04. The van der Waals surface area contributed by atoms with Gasteiger partial charge in [0.2, 0.25) is 0 Å². The Hall–Kier alpha value is -1.16. The second kappa shape index (κ2) is 4.14. The zero-order valence-corrected chi connectivity index (χ0v) is 9.93. The van der Waals surface area contributed by atoms with E-state index < -0.39 is 0 Å². The van der Waals surface area contributed by atoms with Crippen LogP contribution in [0.3, 0.4) is 0 Å². The average Bonchev–Trinajstić information content (AvgIpc) is 2.27. The fourth-order valence-corrected chi connectivity index (χ4v) is 2.43. The van der Waals surface area contributed by atoms with Crippen LogP contribution in [-0.4, -0.2) is 37.9 Å². The minimum Gasteiger partial charge on any atom is -0.493 e. The van der Waals surface area contributed by atoms with Gasteiger partial charge in [-0.2, -0.15) is 0 Å². The van der Waals surface area contributed by atoms with Crippen LogP contribution < -0.4 is 9.47 Å². The van der Waals surface area contributed by atoms with Crippen LogP contribution in [0.1, 0.15) is 5.56 Å². The van der Waals surface area contributed by atoms with Gasteiger partial charge in [-0.1, -0.05) is 11.8 Å². The summed E-state index contributed by atoms with van der Waals surface area (Å²) in [5.74, 6) is 2.55. The average molecular weight is 224 g/mol. The van der Waals surface area contributed by atoms with Gasteiger partial charge in [0, 0.05) is 4.90 Å². The van der Waals surface area contributed by atoms with Crippen molar-refractivity contribution in [2.75, 3.05) is 27.1 Å². The van der Waals surface area contributed by atoms with Gasteiger partial charge < -0.3 is 9.47 Å². The number of nitrogens with zero attached hydrogens (tertiary/aromatic N) is 1. The molecule has 0 amide bonds. The van der Waals surface area contributed by atoms with Crippen LogP contribution in [0.4, 0.5) is 0 Å². The van der Waals surface area contributed by atoms with Crippen molar-refractivity contribution in [3.8, 4) is 11.5 Å². The summed E-state index contributed by atoms with van der Waals surface area (Å²) in [5.41, 5.74) is 1.19. The Morgan fingerprint density at radius 3 is 2.53 bits per heavy atom. The second-order valence-electron chi connectivity index (χ2n) is 3.40. The predicted molar refractivity (Wildman–Crippen MR) is 61.6 cm³/mol. The van der Waals surface area contributed by atoms with E-state index in [1.807, 2.05) is 12.1 Å². The Bertz CT molecular complexity index is 415. The maximum atomic E-state index is 5.26. The fraction of sp³-hybridized carbons (Fsp3) is 0.364. The van der Waals surface area contributed by atoms with Crippen molar-refractivity contribution in [2.45, 2.75) is 4.90 Å². The van der Waals surface area contributed by atoms with Crippen LogP contribution in [-0.2, 0) is 0 Å². The molecule has 0 N–H and O–H groups in total. The van der Waals surface area contributed by atoms with Crippen LogP contribution in [0.25, 0.3) is 0 Å². The minimum absolute atomic E-state index is 0.781. The lowest BCUT2D eigenvalue weighted by atomic mass is 10.2. The molecule has 0 fully saturated rings. The van der Waals surface area contributed by atoms with Crippen molar-refractivity contribution in [2.24, 2.45) is 0 Å². The third-order valence-corrected chi connectivity index (χ3v) is 3.50. The third-order valence-electron chi connectivity index (χ3n) is 2.30. The lowest BCUT2D eigenvalue weighted by Gasteiger charge is -2.13. The highest BCUT2D eigenvalue weighted by molar-refractivity contribution is 7.99. The smallest absolute Gasteiger partial charge is 0.193 e. The summed E-state index contributed by atoms with van der Waals surface area (Å²) in [7, 11) is 5.38. The molecule has 2 rings (SSSR count). The molecule has 1 aromatic rings. The number of thioether (sulfide) groups is 1. The molecular weight excluding hydrogens is 210 g/mol. The predicted octanol–water partition coefficient (Wildman–Crippen LogP) is 1.83. The highest BCUT2D eigenvalue weighted by Gasteiger charge is 2.17. The monoisotopic (exact) mass is 224 g/mol. The molecule has 1 aliphatic rings. The van der Waals surface area contributed by atoms with E-state index in [0.717, 1.165) is 17.4 Å². The number of fused-ring (bicyclic) bond motifs is 1. The molecule has 4 heteroatoms. The largest absolute Gasteiger partial charge is 0.493 e. The van der Waals surface area contributed by atoms with E-state index in [-0.39, 0.29) is 0 Å². The van der Waals surface area contributed by atoms with Crippen molar-refractivity contribution in [3.63, 3.8) is 0 Å². The van der Waals surface area contributed by atoms with E-state index in [2.05, 4.69) is 17.8 Å². The maximum absolute atomic E-state index is 5.26. The molecule has 0 saturated carbocycles. The zero-order valence-electron chi connectivity index (χ0n) is 9.11. The fourth-order valence-electron chi connectivity index (χ4n) is 1.55. The molecule has 0 aliphatic carbocycles. The quantitative estimate of drug-likeness (QED) is 0.715.